The normalized spacial score (nSPS) is 28.6. The Kier molecular flexibility index (Phi) is 17.2. The number of allylic oxidation sites excluding steroid dienone is 2. The van der Waals surface area contributed by atoms with Gasteiger partial charge >= 0.3 is 18.1 Å². The van der Waals surface area contributed by atoms with E-state index in [4.69, 9.17) is 28.4 Å². The zero-order valence-electron chi connectivity index (χ0n) is 36.3. The van der Waals surface area contributed by atoms with Gasteiger partial charge < -0.3 is 48.8 Å². The van der Waals surface area contributed by atoms with Gasteiger partial charge in [-0.05, 0) is 80.8 Å². The second-order valence-electron chi connectivity index (χ2n) is 16.7. The molecule has 2 aliphatic heterocycles. The molecule has 1 saturated heterocycles. The number of aliphatic hydroxyl groups is 4. The molecule has 0 aliphatic carbocycles. The van der Waals surface area contributed by atoms with E-state index in [1.165, 1.54) is 18.2 Å². The molecule has 10 atom stereocenters. The summed E-state index contributed by atoms with van der Waals surface area (Å²) in [6.07, 6.45) is -5.53. The topological polar surface area (TPSA) is 217 Å². The first-order valence-corrected chi connectivity index (χ1v) is 21.9. The fourth-order valence-electron chi connectivity index (χ4n) is 7.67. The number of ketones is 1. The predicted molar refractivity (Wildman–Crippen MR) is 232 cm³/mol. The van der Waals surface area contributed by atoms with Crippen molar-refractivity contribution < 1.29 is 68.0 Å². The molecule has 16 heteroatoms. The molecule has 342 valence electrons. The van der Waals surface area contributed by atoms with Gasteiger partial charge in [-0.1, -0.05) is 69.4 Å². The second kappa shape index (κ2) is 22.1. The number of carbonyl (C=O) groups excluding carboxylic acids is 4. The van der Waals surface area contributed by atoms with Crippen molar-refractivity contribution in [3.63, 3.8) is 0 Å². The first kappa shape index (κ1) is 49.1. The Morgan fingerprint density at radius 1 is 0.984 bits per heavy atom. The van der Waals surface area contributed by atoms with Gasteiger partial charge in [0.25, 0.3) is 0 Å². The average Bonchev–Trinajstić information content (AvgIpc) is 3.63. The molecule has 3 aromatic rings. The van der Waals surface area contributed by atoms with Crippen LogP contribution in [0.25, 0.3) is 10.2 Å². The first-order valence-electron chi connectivity index (χ1n) is 21.0. The number of aromatic nitrogens is 1. The average molecular weight is 894 g/mol. The van der Waals surface area contributed by atoms with Crippen molar-refractivity contribution in [2.45, 2.75) is 129 Å². The second-order valence-corrected chi connectivity index (χ2v) is 18.0. The Bertz CT molecular complexity index is 2110. The predicted octanol–water partition coefficient (Wildman–Crippen LogP) is 6.52. The SMILES string of the molecule is C=CCOC(=O)[C@H]1O[C@@H](Oc2ccc(COC(=O)O[C@H]3[C@@H](C)CCCC(C)=CC[C@@H](c4ccc5sc(C)nc5c4)OC(=O)C[C@H](O)C(C)(C)C(=O)[C@@H]3CC=C)cc2)[C@H](O)[C@@H](O)[C@@H]1O. The van der Waals surface area contributed by atoms with Crippen LogP contribution in [0.2, 0.25) is 0 Å². The molecule has 0 radical (unpaired) electrons. The number of carbonyl (C=O) groups is 4. The summed E-state index contributed by atoms with van der Waals surface area (Å²) < 4.78 is 34.6. The fraction of sp³-hybridized carbons (Fsp3) is 0.511. The molecule has 1 aromatic heterocycles. The maximum atomic E-state index is 14.5. The summed E-state index contributed by atoms with van der Waals surface area (Å²) in [5.41, 5.74) is 1.71. The van der Waals surface area contributed by atoms with Crippen molar-refractivity contribution in [2.75, 3.05) is 6.61 Å². The Hall–Kier alpha value is -4.97. The van der Waals surface area contributed by atoms with Gasteiger partial charge in [-0.2, -0.15) is 0 Å². The number of nitrogens with zero attached hydrogens (tertiary/aromatic N) is 1. The zero-order valence-corrected chi connectivity index (χ0v) is 37.2. The van der Waals surface area contributed by atoms with E-state index in [2.05, 4.69) is 18.1 Å². The van der Waals surface area contributed by atoms with Crippen molar-refractivity contribution in [3.05, 3.63) is 95.6 Å². The van der Waals surface area contributed by atoms with E-state index in [0.29, 0.717) is 31.2 Å². The molecule has 0 saturated carbocycles. The van der Waals surface area contributed by atoms with Crippen molar-refractivity contribution in [3.8, 4) is 5.75 Å². The Morgan fingerprint density at radius 3 is 2.41 bits per heavy atom. The summed E-state index contributed by atoms with van der Waals surface area (Å²) in [6, 6.07) is 11.9. The number of cyclic esters (lactones) is 1. The number of benzene rings is 2. The van der Waals surface area contributed by atoms with E-state index in [1.807, 2.05) is 45.0 Å². The van der Waals surface area contributed by atoms with E-state index in [0.717, 1.165) is 26.4 Å². The molecule has 4 N–H and O–H groups in total. The number of hydrogen-bond acceptors (Lipinski definition) is 16. The highest BCUT2D eigenvalue weighted by molar-refractivity contribution is 7.18. The summed E-state index contributed by atoms with van der Waals surface area (Å²) in [7, 11) is 0. The van der Waals surface area contributed by atoms with Gasteiger partial charge in [-0.15, -0.1) is 17.9 Å². The number of Topliss-reactive ketones (excluding diaryl/α,β-unsaturated/α-hetero) is 1. The summed E-state index contributed by atoms with van der Waals surface area (Å²) in [5.74, 6) is -3.17. The van der Waals surface area contributed by atoms with Crippen LogP contribution in [0, 0.1) is 24.2 Å². The lowest BCUT2D eigenvalue weighted by molar-refractivity contribution is -0.272. The minimum absolute atomic E-state index is 0.120. The molecule has 3 heterocycles. The smallest absolute Gasteiger partial charge is 0.462 e. The van der Waals surface area contributed by atoms with Crippen LogP contribution in [-0.4, -0.2) is 98.8 Å². The van der Waals surface area contributed by atoms with Gasteiger partial charge in [-0.25, -0.2) is 14.6 Å². The van der Waals surface area contributed by atoms with Crippen molar-refractivity contribution in [1.82, 2.24) is 4.98 Å². The largest absolute Gasteiger partial charge is 0.508 e. The van der Waals surface area contributed by atoms with Gasteiger partial charge in [0.15, 0.2) is 6.10 Å². The third-order valence-corrected chi connectivity index (χ3v) is 12.5. The van der Waals surface area contributed by atoms with E-state index < -0.39 is 90.6 Å². The number of ether oxygens (including phenoxy) is 6. The highest BCUT2D eigenvalue weighted by Crippen LogP contribution is 2.37. The van der Waals surface area contributed by atoms with Crippen LogP contribution in [0.5, 0.6) is 5.75 Å². The lowest BCUT2D eigenvalue weighted by Crippen LogP contribution is -2.61. The van der Waals surface area contributed by atoms with Gasteiger partial charge in [-0.3, -0.25) is 9.59 Å². The number of rotatable bonds is 11. The monoisotopic (exact) mass is 893 g/mol. The third-order valence-electron chi connectivity index (χ3n) is 11.5. The highest BCUT2D eigenvalue weighted by atomic mass is 32.1. The lowest BCUT2D eigenvalue weighted by Gasteiger charge is -2.38. The molecule has 0 spiro atoms. The van der Waals surface area contributed by atoms with Crippen LogP contribution in [0.3, 0.4) is 0 Å². The van der Waals surface area contributed by atoms with E-state index >= 15 is 0 Å². The number of hydrogen-bond donors (Lipinski definition) is 4. The third kappa shape index (κ3) is 12.6. The standard InChI is InChI=1S/C47H59NO14S/c1-8-11-32-41(62-46(56)58-25-29-15-18-31(19-16-29)59-45-40(53)38(51)39(52)42(61-45)44(55)57-22-9-2)27(4)13-10-12-26(3)14-20-34(30-17-21-35-33(23-30)48-28(5)63-35)60-37(50)24-36(49)47(6,7)43(32)54/h8-9,14-19,21,23,27,32,34,36,38-42,45,49,51-53H,1-2,10-13,20,22,24-25H2,3-7H3/t27-,32+,34-,36-,38-,39-,40+,41-,42-,45+/m0/s1. The van der Waals surface area contributed by atoms with Gasteiger partial charge in [0.2, 0.25) is 6.29 Å². The van der Waals surface area contributed by atoms with E-state index in [1.54, 1.807) is 43.4 Å². The molecule has 0 amide bonds. The number of aliphatic hydroxyl groups excluding tert-OH is 4. The lowest BCUT2D eigenvalue weighted by atomic mass is 9.71. The Balaban J connectivity index is 1.27. The van der Waals surface area contributed by atoms with E-state index in [9.17, 15) is 39.6 Å². The summed E-state index contributed by atoms with van der Waals surface area (Å²) in [6.45, 7) is 15.9. The maximum absolute atomic E-state index is 14.5. The molecule has 2 aliphatic rings. The first-order chi connectivity index (χ1) is 29.9. The molecular weight excluding hydrogens is 835 g/mol. The number of esters is 2. The van der Waals surface area contributed by atoms with Crippen molar-refractivity contribution >= 4 is 45.4 Å². The molecule has 63 heavy (non-hydrogen) atoms. The van der Waals surface area contributed by atoms with Crippen molar-refractivity contribution in [2.24, 2.45) is 17.3 Å². The summed E-state index contributed by atoms with van der Waals surface area (Å²) in [5, 5.41) is 43.5. The maximum Gasteiger partial charge on any atom is 0.508 e. The number of fused-ring (bicyclic) bond motifs is 1. The van der Waals surface area contributed by atoms with Crippen LogP contribution < -0.4 is 4.74 Å². The molecule has 0 unspecified atom stereocenters. The van der Waals surface area contributed by atoms with Gasteiger partial charge in [0, 0.05) is 6.42 Å². The minimum Gasteiger partial charge on any atom is -0.462 e. The Labute approximate surface area is 371 Å². The van der Waals surface area contributed by atoms with Crippen molar-refractivity contribution in [1.29, 1.82) is 0 Å². The van der Waals surface area contributed by atoms with Crippen LogP contribution in [0.15, 0.2) is 79.4 Å². The van der Waals surface area contributed by atoms with Crippen LogP contribution >= 0.6 is 11.3 Å². The molecule has 2 aromatic carbocycles. The minimum atomic E-state index is -1.78. The summed E-state index contributed by atoms with van der Waals surface area (Å²) >= 11 is 1.58. The Morgan fingerprint density at radius 2 is 1.71 bits per heavy atom. The van der Waals surface area contributed by atoms with Crippen LogP contribution in [0.1, 0.15) is 88.5 Å². The summed E-state index contributed by atoms with van der Waals surface area (Å²) in [4.78, 5) is 58.3. The molecular formula is C47H59NO14S. The fourth-order valence-corrected chi connectivity index (χ4v) is 8.47. The number of aryl methyl sites for hydroxylation is 1. The highest BCUT2D eigenvalue weighted by Gasteiger charge is 2.49. The van der Waals surface area contributed by atoms with Gasteiger partial charge in [0.1, 0.15) is 55.3 Å². The zero-order chi connectivity index (χ0) is 46.0. The molecule has 15 nitrogen and oxygen atoms in total. The molecule has 0 bridgehead atoms. The van der Waals surface area contributed by atoms with Crippen LogP contribution in [0.4, 0.5) is 4.79 Å². The van der Waals surface area contributed by atoms with Crippen LogP contribution in [-0.2, 0) is 44.7 Å². The number of thiazole rings is 1. The van der Waals surface area contributed by atoms with Gasteiger partial charge in [0.05, 0.1) is 39.1 Å². The molecule has 5 rings (SSSR count). The van der Waals surface area contributed by atoms with E-state index in [-0.39, 0.29) is 31.3 Å². The quantitative estimate of drug-likeness (QED) is 0.0915. The molecule has 1 fully saturated rings.